The van der Waals surface area contributed by atoms with Crippen LogP contribution < -0.4 is 59.1 Å². The fraction of sp³-hybridized carbons (Fsp3) is 0. The largest absolute Gasteiger partial charge is 1.00 e. The second-order valence-corrected chi connectivity index (χ2v) is 2.25. The third-order valence-electron chi connectivity index (χ3n) is 0. The Morgan fingerprint density at radius 1 is 1.14 bits per heavy atom. The topological polar surface area (TPSA) is 31.5 Å². The van der Waals surface area contributed by atoms with Crippen LogP contribution in [0.25, 0.3) is 0 Å². The summed E-state index contributed by atoms with van der Waals surface area (Å²) < 4.78 is 0.167. The second kappa shape index (κ2) is 15.8. The molecular weight excluding hydrogens is 170 g/mol. The zero-order valence-electron chi connectivity index (χ0n) is 4.22. The van der Waals surface area contributed by atoms with Crippen LogP contribution in [0.1, 0.15) is 0 Å². The molecule has 0 saturated carbocycles. The molecule has 2 N–H and O–H groups in total. The van der Waals surface area contributed by atoms with Crippen molar-refractivity contribution in [3.8, 4) is 0 Å². The van der Waals surface area contributed by atoms with Crippen molar-refractivity contribution >= 4 is 41.0 Å². The third kappa shape index (κ3) is 57.7. The molecule has 0 saturated heterocycles. The molecule has 0 spiro atoms. The molecule has 0 aromatic carbocycles. The number of hydrogen-bond donors (Lipinski definition) is 0. The minimum absolute atomic E-state index is 0. The molecule has 0 heterocycles. The van der Waals surface area contributed by atoms with Gasteiger partial charge in [-0.2, -0.15) is 0 Å². The Bertz CT molecular complexity index is 35.9. The Morgan fingerprint density at radius 3 is 1.14 bits per heavy atom. The van der Waals surface area contributed by atoms with Gasteiger partial charge in [0.25, 0.3) is 0 Å². The third-order valence-corrected chi connectivity index (χ3v) is 0. The first kappa shape index (κ1) is 22.7. The average molecular weight is 172 g/mol. The van der Waals surface area contributed by atoms with Crippen molar-refractivity contribution in [1.29, 1.82) is 0 Å². The van der Waals surface area contributed by atoms with Gasteiger partial charge in [-0.25, -0.2) is 0 Å². The first-order valence-corrected chi connectivity index (χ1v) is 1.84. The van der Waals surface area contributed by atoms with Gasteiger partial charge < -0.3 is 43.0 Å². The van der Waals surface area contributed by atoms with Crippen molar-refractivity contribution in [2.75, 3.05) is 0 Å². The monoisotopic (exact) mass is 172 g/mol. The summed E-state index contributed by atoms with van der Waals surface area (Å²) in [7, 11) is 0. The van der Waals surface area contributed by atoms with Crippen LogP contribution >= 0.6 is 12.2 Å². The summed E-state index contributed by atoms with van der Waals surface area (Å²) in [4.78, 5) is 0. The number of thiocarbonyl (C=S) groups is 1. The molecule has 0 bridgehead atoms. The van der Waals surface area contributed by atoms with E-state index >= 15 is 0 Å². The Morgan fingerprint density at radius 2 is 1.14 bits per heavy atom. The quantitative estimate of drug-likeness (QED) is 0.207. The van der Waals surface area contributed by atoms with Crippen LogP contribution in [0.4, 0.5) is 0 Å². The maximum atomic E-state index is 4.17. The van der Waals surface area contributed by atoms with Crippen LogP contribution in [-0.2, 0) is 25.3 Å². The molecule has 0 atom stereocenters. The summed E-state index contributed by atoms with van der Waals surface area (Å²) in [5.74, 6) is 0. The van der Waals surface area contributed by atoms with Crippen molar-refractivity contribution in [3.63, 3.8) is 0 Å². The molecule has 0 unspecified atom stereocenters. The molecule has 0 aliphatic rings. The van der Waals surface area contributed by atoms with Gasteiger partial charge in [0, 0.05) is 0 Å². The van der Waals surface area contributed by atoms with Gasteiger partial charge in [-0.05, 0) is 0 Å². The molecule has 0 aliphatic heterocycles. The molecule has 0 radical (unpaired) electrons. The van der Waals surface area contributed by atoms with Gasteiger partial charge in [0.1, 0.15) is 0 Å². The summed E-state index contributed by atoms with van der Waals surface area (Å²) in [6.07, 6.45) is 0. The van der Waals surface area contributed by atoms with E-state index in [1.807, 2.05) is 0 Å². The van der Waals surface area contributed by atoms with Gasteiger partial charge in [-0.1, -0.05) is 0 Å². The summed E-state index contributed by atoms with van der Waals surface area (Å²) in [5, 5.41) is 0. The van der Waals surface area contributed by atoms with Gasteiger partial charge in [0.15, 0.2) is 0 Å². The predicted octanol–water partition coefficient (Wildman–Crippen LogP) is -6.45. The first-order chi connectivity index (χ1) is 1.73. The van der Waals surface area contributed by atoms with Crippen molar-refractivity contribution < 1.29 is 64.6 Å². The van der Waals surface area contributed by atoms with Crippen LogP contribution in [0.5, 0.6) is 0 Å². The second-order valence-electron chi connectivity index (χ2n) is 0.250. The molecule has 0 amide bonds. The minimum Gasteiger partial charge on any atom is -0.570 e. The van der Waals surface area contributed by atoms with Crippen LogP contribution in [0.15, 0.2) is 0 Å². The maximum Gasteiger partial charge on any atom is 1.00 e. The van der Waals surface area contributed by atoms with E-state index in [1.165, 1.54) is 0 Å². The van der Waals surface area contributed by atoms with E-state index in [9.17, 15) is 0 Å². The van der Waals surface area contributed by atoms with E-state index < -0.39 is 0 Å². The molecule has 0 aromatic rings. The van der Waals surface area contributed by atoms with Crippen LogP contribution in [0.3, 0.4) is 0 Å². The normalized spacial score (nSPS) is 3.43. The maximum absolute atomic E-state index is 4.17. The molecule has 6 heteroatoms. The first-order valence-electron chi connectivity index (χ1n) is 0.612. The Balaban J connectivity index is -0.0000000150. The van der Waals surface area contributed by atoms with Crippen molar-refractivity contribution in [2.45, 2.75) is 0 Å². The Hall–Kier alpha value is 2.49. The zero-order chi connectivity index (χ0) is 3.58. The summed E-state index contributed by atoms with van der Waals surface area (Å²) in [6, 6.07) is 0. The van der Waals surface area contributed by atoms with Gasteiger partial charge in [0.05, 0.1) is 0 Å². The summed E-state index contributed by atoms with van der Waals surface area (Å²) in [6.45, 7) is 0. The standard InChI is InChI=1S/CH2S3.2Na.H2O/c2-1(3)4;;;/h(H2,2,3,4);;;1H2/q;2*+1;/p-2. The van der Waals surface area contributed by atoms with E-state index in [0.717, 1.165) is 0 Å². The molecule has 0 rings (SSSR count). The van der Waals surface area contributed by atoms with E-state index in [2.05, 4.69) is 37.5 Å². The minimum atomic E-state index is 0. The number of rotatable bonds is 0. The summed E-state index contributed by atoms with van der Waals surface area (Å²) in [5.41, 5.74) is 0. The van der Waals surface area contributed by atoms with Crippen LogP contribution in [-0.4, -0.2) is 9.00 Å². The summed E-state index contributed by atoms with van der Waals surface area (Å²) >= 11 is 12.5. The van der Waals surface area contributed by atoms with Gasteiger partial charge >= 0.3 is 59.1 Å². The van der Waals surface area contributed by atoms with E-state index in [-0.39, 0.29) is 68.1 Å². The van der Waals surface area contributed by atoms with Gasteiger partial charge in [0.2, 0.25) is 0 Å². The predicted molar refractivity (Wildman–Crippen MR) is 30.9 cm³/mol. The SMILES string of the molecule is O.S=C([S-])[S-].[Na+].[Na+]. The molecule has 0 aromatic heterocycles. The molecule has 7 heavy (non-hydrogen) atoms. The zero-order valence-corrected chi connectivity index (χ0v) is 10.7. The molecule has 1 nitrogen and oxygen atoms in total. The van der Waals surface area contributed by atoms with Gasteiger partial charge in [-0.15, -0.1) is 0 Å². The number of hydrogen-bond acceptors (Lipinski definition) is 3. The van der Waals surface area contributed by atoms with E-state index in [1.54, 1.807) is 0 Å². The van der Waals surface area contributed by atoms with Crippen molar-refractivity contribution in [3.05, 3.63) is 0 Å². The van der Waals surface area contributed by atoms with Crippen molar-refractivity contribution in [1.82, 2.24) is 0 Å². The average Bonchev–Trinajstić information content (AvgIpc) is 0.811. The van der Waals surface area contributed by atoms with Crippen LogP contribution in [0.2, 0.25) is 0 Å². The van der Waals surface area contributed by atoms with Crippen molar-refractivity contribution in [2.24, 2.45) is 0 Å². The van der Waals surface area contributed by atoms with Crippen LogP contribution in [0, 0.1) is 0 Å². The molecule has 0 aliphatic carbocycles. The fourth-order valence-electron chi connectivity index (χ4n) is 0. The Labute approximate surface area is 104 Å². The Kier molecular flexibility index (Phi) is 51.2. The molecule has 0 fully saturated rings. The smallest absolute Gasteiger partial charge is 0.570 e. The van der Waals surface area contributed by atoms with E-state index in [4.69, 9.17) is 0 Å². The van der Waals surface area contributed by atoms with E-state index in [0.29, 0.717) is 0 Å². The fourth-order valence-corrected chi connectivity index (χ4v) is 0. The molecule has 32 valence electrons. The molecular formula is CH2Na2OS3. The van der Waals surface area contributed by atoms with Gasteiger partial charge in [-0.3, -0.25) is 3.53 Å².